The fourth-order valence-corrected chi connectivity index (χ4v) is 2.07. The van der Waals surface area contributed by atoms with Gasteiger partial charge in [0.05, 0.1) is 5.60 Å². The molecule has 1 saturated carbocycles. The molecule has 1 rings (SSSR count). The normalized spacial score (nSPS) is 22.6. The molecule has 0 radical (unpaired) electrons. The highest BCUT2D eigenvalue weighted by Gasteiger charge is 2.44. The molecule has 0 spiro atoms. The summed E-state index contributed by atoms with van der Waals surface area (Å²) in [7, 11) is 0. The highest BCUT2D eigenvalue weighted by Crippen LogP contribution is 2.45. The maximum Gasteiger partial charge on any atom is 0.159 e. The van der Waals surface area contributed by atoms with Gasteiger partial charge in [-0.3, -0.25) is 4.79 Å². The molecule has 1 atom stereocenters. The van der Waals surface area contributed by atoms with Gasteiger partial charge in [0.2, 0.25) is 0 Å². The van der Waals surface area contributed by atoms with Crippen LogP contribution in [-0.2, 0) is 9.53 Å². The quantitative estimate of drug-likeness (QED) is 0.697. The van der Waals surface area contributed by atoms with Gasteiger partial charge in [0.25, 0.3) is 0 Å². The molecule has 14 heavy (non-hydrogen) atoms. The van der Waals surface area contributed by atoms with Gasteiger partial charge >= 0.3 is 0 Å². The molecule has 1 unspecified atom stereocenters. The van der Waals surface area contributed by atoms with Crippen molar-refractivity contribution in [3.05, 3.63) is 0 Å². The van der Waals surface area contributed by atoms with Crippen molar-refractivity contribution >= 4 is 5.78 Å². The number of rotatable bonds is 3. The van der Waals surface area contributed by atoms with E-state index < -0.39 is 0 Å². The van der Waals surface area contributed by atoms with Gasteiger partial charge in [-0.25, -0.2) is 0 Å². The van der Waals surface area contributed by atoms with Gasteiger partial charge in [0, 0.05) is 5.41 Å². The molecular formula is C12H22O2. The van der Waals surface area contributed by atoms with Crippen molar-refractivity contribution in [2.24, 2.45) is 5.41 Å². The number of Topliss-reactive ketones (excluding diaryl/α,β-unsaturated/α-hetero) is 1. The summed E-state index contributed by atoms with van der Waals surface area (Å²) in [6, 6.07) is 0. The Morgan fingerprint density at radius 1 is 1.36 bits per heavy atom. The summed E-state index contributed by atoms with van der Waals surface area (Å²) in [4.78, 5) is 11.5. The fourth-order valence-electron chi connectivity index (χ4n) is 2.07. The topological polar surface area (TPSA) is 26.3 Å². The van der Waals surface area contributed by atoms with E-state index in [1.807, 2.05) is 20.8 Å². The lowest BCUT2D eigenvalue weighted by molar-refractivity contribution is -0.162. The summed E-state index contributed by atoms with van der Waals surface area (Å²) in [5.74, 6) is 0.169. The van der Waals surface area contributed by atoms with Crippen LogP contribution in [0.2, 0.25) is 0 Å². The van der Waals surface area contributed by atoms with E-state index in [-0.39, 0.29) is 22.9 Å². The molecule has 0 aromatic rings. The average Bonchev–Trinajstić information content (AvgIpc) is 1.93. The largest absolute Gasteiger partial charge is 0.364 e. The Morgan fingerprint density at radius 2 is 1.86 bits per heavy atom. The Balaban J connectivity index is 2.70. The SMILES string of the molecule is CC(=O)C(OC(C)(C)C)C1(C)CCC1. The molecule has 0 amide bonds. The standard InChI is InChI=1S/C12H22O2/c1-9(13)10(14-11(2,3)4)12(5)7-6-8-12/h10H,6-8H2,1-5H3. The van der Waals surface area contributed by atoms with Gasteiger partial charge < -0.3 is 4.74 Å². The minimum absolute atomic E-state index is 0.0963. The molecule has 1 fully saturated rings. The summed E-state index contributed by atoms with van der Waals surface area (Å²) in [6.45, 7) is 9.81. The summed E-state index contributed by atoms with van der Waals surface area (Å²) in [5, 5.41) is 0. The number of ketones is 1. The maximum absolute atomic E-state index is 11.5. The van der Waals surface area contributed by atoms with Crippen molar-refractivity contribution in [2.75, 3.05) is 0 Å². The number of carbonyl (C=O) groups excluding carboxylic acids is 1. The van der Waals surface area contributed by atoms with E-state index in [9.17, 15) is 4.79 Å². The molecule has 1 aliphatic carbocycles. The van der Waals surface area contributed by atoms with Crippen LogP contribution in [0, 0.1) is 5.41 Å². The van der Waals surface area contributed by atoms with Crippen molar-refractivity contribution in [1.29, 1.82) is 0 Å². The molecule has 0 heterocycles. The van der Waals surface area contributed by atoms with Crippen LogP contribution in [0.15, 0.2) is 0 Å². The van der Waals surface area contributed by atoms with Crippen LogP contribution in [-0.4, -0.2) is 17.5 Å². The smallest absolute Gasteiger partial charge is 0.159 e. The van der Waals surface area contributed by atoms with Crippen molar-refractivity contribution in [3.63, 3.8) is 0 Å². The predicted octanol–water partition coefficient (Wildman–Crippen LogP) is 2.95. The van der Waals surface area contributed by atoms with Crippen molar-refractivity contribution < 1.29 is 9.53 Å². The average molecular weight is 198 g/mol. The van der Waals surface area contributed by atoms with Crippen LogP contribution in [0.25, 0.3) is 0 Å². The summed E-state index contributed by atoms with van der Waals surface area (Å²) >= 11 is 0. The summed E-state index contributed by atoms with van der Waals surface area (Å²) in [6.07, 6.45) is 3.25. The third-order valence-electron chi connectivity index (χ3n) is 2.97. The zero-order chi connectivity index (χ0) is 11.0. The fraction of sp³-hybridized carbons (Fsp3) is 0.917. The van der Waals surface area contributed by atoms with Crippen molar-refractivity contribution in [3.8, 4) is 0 Å². The van der Waals surface area contributed by atoms with Gasteiger partial charge in [0.15, 0.2) is 5.78 Å². The van der Waals surface area contributed by atoms with Crippen LogP contribution in [0.5, 0.6) is 0 Å². The lowest BCUT2D eigenvalue weighted by atomic mass is 9.65. The molecule has 2 nitrogen and oxygen atoms in total. The maximum atomic E-state index is 11.5. The molecule has 0 aromatic carbocycles. The summed E-state index contributed by atoms with van der Waals surface area (Å²) in [5.41, 5.74) is -0.131. The van der Waals surface area contributed by atoms with E-state index in [2.05, 4.69) is 6.92 Å². The number of hydrogen-bond donors (Lipinski definition) is 0. The number of ether oxygens (including phenoxy) is 1. The van der Waals surface area contributed by atoms with Gasteiger partial charge in [0.1, 0.15) is 6.10 Å². The molecule has 2 heteroatoms. The Hall–Kier alpha value is -0.370. The Labute approximate surface area is 87.0 Å². The minimum atomic E-state index is -0.227. The molecule has 0 aromatic heterocycles. The van der Waals surface area contributed by atoms with Gasteiger partial charge in [-0.15, -0.1) is 0 Å². The first-order chi connectivity index (χ1) is 6.25. The molecule has 1 aliphatic rings. The first-order valence-electron chi connectivity index (χ1n) is 5.43. The van der Waals surface area contributed by atoms with Crippen LogP contribution < -0.4 is 0 Å². The van der Waals surface area contributed by atoms with Gasteiger partial charge in [-0.05, 0) is 40.5 Å². The van der Waals surface area contributed by atoms with Crippen LogP contribution in [0.3, 0.4) is 0 Å². The van der Waals surface area contributed by atoms with Crippen LogP contribution in [0.1, 0.15) is 53.9 Å². The van der Waals surface area contributed by atoms with Crippen LogP contribution >= 0.6 is 0 Å². The first-order valence-corrected chi connectivity index (χ1v) is 5.43. The highest BCUT2D eigenvalue weighted by atomic mass is 16.5. The third kappa shape index (κ3) is 2.57. The third-order valence-corrected chi connectivity index (χ3v) is 2.97. The van der Waals surface area contributed by atoms with E-state index in [0.717, 1.165) is 12.8 Å². The van der Waals surface area contributed by atoms with Gasteiger partial charge in [-0.1, -0.05) is 13.3 Å². The van der Waals surface area contributed by atoms with Gasteiger partial charge in [-0.2, -0.15) is 0 Å². The predicted molar refractivity (Wildman–Crippen MR) is 57.3 cm³/mol. The first kappa shape index (κ1) is 11.7. The number of hydrogen-bond acceptors (Lipinski definition) is 2. The van der Waals surface area contributed by atoms with E-state index in [1.165, 1.54) is 6.42 Å². The molecule has 0 N–H and O–H groups in total. The second-order valence-corrected chi connectivity index (χ2v) is 5.73. The zero-order valence-electron chi connectivity index (χ0n) is 10.0. The Bertz CT molecular complexity index is 221. The second-order valence-electron chi connectivity index (χ2n) is 5.73. The molecular weight excluding hydrogens is 176 g/mol. The molecule has 0 aliphatic heterocycles. The van der Waals surface area contributed by atoms with Crippen LogP contribution in [0.4, 0.5) is 0 Å². The Kier molecular flexibility index (Phi) is 3.05. The lowest BCUT2D eigenvalue weighted by Gasteiger charge is -2.45. The van der Waals surface area contributed by atoms with E-state index in [4.69, 9.17) is 4.74 Å². The molecule has 0 saturated heterocycles. The van der Waals surface area contributed by atoms with E-state index in [0.29, 0.717) is 0 Å². The molecule has 82 valence electrons. The van der Waals surface area contributed by atoms with Crippen molar-refractivity contribution in [1.82, 2.24) is 0 Å². The lowest BCUT2D eigenvalue weighted by Crippen LogP contribution is -2.47. The Morgan fingerprint density at radius 3 is 2.07 bits per heavy atom. The molecule has 0 bridgehead atoms. The highest BCUT2D eigenvalue weighted by molar-refractivity contribution is 5.81. The minimum Gasteiger partial charge on any atom is -0.364 e. The van der Waals surface area contributed by atoms with Crippen molar-refractivity contribution in [2.45, 2.75) is 65.6 Å². The van der Waals surface area contributed by atoms with E-state index in [1.54, 1.807) is 6.92 Å². The monoisotopic (exact) mass is 198 g/mol. The zero-order valence-corrected chi connectivity index (χ0v) is 10.0. The second kappa shape index (κ2) is 3.65. The number of carbonyl (C=O) groups is 1. The summed E-state index contributed by atoms with van der Waals surface area (Å²) < 4.78 is 5.86. The van der Waals surface area contributed by atoms with E-state index >= 15 is 0 Å².